The maximum atomic E-state index is 12.6. The van der Waals surface area contributed by atoms with Crippen LogP contribution in [0.3, 0.4) is 0 Å². The summed E-state index contributed by atoms with van der Waals surface area (Å²) in [5, 5.41) is 13.6. The van der Waals surface area contributed by atoms with Crippen molar-refractivity contribution in [2.45, 2.75) is 26.6 Å². The Morgan fingerprint density at radius 2 is 1.88 bits per heavy atom. The third-order valence-electron chi connectivity index (χ3n) is 4.81. The van der Waals surface area contributed by atoms with E-state index >= 15 is 0 Å². The lowest BCUT2D eigenvalue weighted by Crippen LogP contribution is -2.50. The van der Waals surface area contributed by atoms with Crippen molar-refractivity contribution >= 4 is 5.91 Å². The molecule has 1 saturated heterocycles. The molecule has 6 heteroatoms. The Bertz CT molecular complexity index is 678. The molecule has 1 aliphatic heterocycles. The highest BCUT2D eigenvalue weighted by Gasteiger charge is 2.25. The Morgan fingerprint density at radius 3 is 2.52 bits per heavy atom. The molecule has 0 bridgehead atoms. The van der Waals surface area contributed by atoms with Gasteiger partial charge in [0.05, 0.1) is 19.1 Å². The summed E-state index contributed by atoms with van der Waals surface area (Å²) in [5.74, 6) is 0.132. The van der Waals surface area contributed by atoms with E-state index in [4.69, 9.17) is 0 Å². The third-order valence-corrected chi connectivity index (χ3v) is 4.81. The fourth-order valence-electron chi connectivity index (χ4n) is 3.31. The Balaban J connectivity index is 1.50. The van der Waals surface area contributed by atoms with E-state index in [1.165, 1.54) is 0 Å². The summed E-state index contributed by atoms with van der Waals surface area (Å²) in [4.78, 5) is 16.9. The standard InChI is InChI=1S/C19H26N4O2/c1-16(13-23-8-4-7-20-23)19(25)22-11-9-21(10-12-22)14-17-5-2-3-6-18(17)15-24/h2-8,16,24H,9-15H2,1H3/t16-/m0/s1. The number of aliphatic hydroxyl groups excluding tert-OH is 1. The molecule has 6 nitrogen and oxygen atoms in total. The molecular weight excluding hydrogens is 316 g/mol. The van der Waals surface area contributed by atoms with Crippen molar-refractivity contribution in [3.8, 4) is 0 Å². The minimum atomic E-state index is -0.0680. The average Bonchev–Trinajstić information content (AvgIpc) is 3.15. The van der Waals surface area contributed by atoms with Crippen molar-refractivity contribution in [3.63, 3.8) is 0 Å². The number of benzene rings is 1. The van der Waals surface area contributed by atoms with Gasteiger partial charge in [0.2, 0.25) is 5.91 Å². The van der Waals surface area contributed by atoms with E-state index in [9.17, 15) is 9.90 Å². The van der Waals surface area contributed by atoms with Crippen LogP contribution in [0.15, 0.2) is 42.7 Å². The molecule has 0 saturated carbocycles. The molecule has 1 aliphatic rings. The third kappa shape index (κ3) is 4.46. The summed E-state index contributed by atoms with van der Waals surface area (Å²) in [7, 11) is 0. The summed E-state index contributed by atoms with van der Waals surface area (Å²) in [6.45, 7) is 6.71. The number of piperazine rings is 1. The molecule has 134 valence electrons. The van der Waals surface area contributed by atoms with Crippen molar-refractivity contribution in [2.75, 3.05) is 26.2 Å². The van der Waals surface area contributed by atoms with Crippen LogP contribution in [0.1, 0.15) is 18.1 Å². The molecule has 0 unspecified atom stereocenters. The molecule has 0 spiro atoms. The normalized spacial score (nSPS) is 16.8. The fraction of sp³-hybridized carbons (Fsp3) is 0.474. The Kier molecular flexibility index (Phi) is 5.83. The molecule has 1 aromatic carbocycles. The highest BCUT2D eigenvalue weighted by molar-refractivity contribution is 5.78. The first kappa shape index (κ1) is 17.6. The second-order valence-corrected chi connectivity index (χ2v) is 6.66. The Morgan fingerprint density at radius 1 is 1.16 bits per heavy atom. The largest absolute Gasteiger partial charge is 0.392 e. The van der Waals surface area contributed by atoms with Gasteiger partial charge in [0, 0.05) is 45.1 Å². The number of hydrogen-bond donors (Lipinski definition) is 1. The summed E-state index contributed by atoms with van der Waals surface area (Å²) in [6, 6.07) is 9.86. The molecule has 1 fully saturated rings. The summed E-state index contributed by atoms with van der Waals surface area (Å²) in [5.41, 5.74) is 2.14. The van der Waals surface area contributed by atoms with Crippen LogP contribution in [0, 0.1) is 5.92 Å². The average molecular weight is 342 g/mol. The Hall–Kier alpha value is -2.18. The van der Waals surface area contributed by atoms with Gasteiger partial charge < -0.3 is 10.0 Å². The first-order valence-corrected chi connectivity index (χ1v) is 8.83. The molecule has 2 aromatic rings. The molecule has 1 aromatic heterocycles. The van der Waals surface area contributed by atoms with Crippen molar-refractivity contribution < 1.29 is 9.90 Å². The molecule has 1 amide bonds. The van der Waals surface area contributed by atoms with Crippen LogP contribution in [0.25, 0.3) is 0 Å². The first-order chi connectivity index (χ1) is 12.2. The molecule has 3 rings (SSSR count). The quantitative estimate of drug-likeness (QED) is 0.861. The van der Waals surface area contributed by atoms with E-state index in [0.29, 0.717) is 6.54 Å². The van der Waals surface area contributed by atoms with Crippen molar-refractivity contribution in [1.29, 1.82) is 0 Å². The van der Waals surface area contributed by atoms with Gasteiger partial charge in [-0.25, -0.2) is 0 Å². The van der Waals surface area contributed by atoms with Crippen LogP contribution in [0.5, 0.6) is 0 Å². The molecule has 0 aliphatic carbocycles. The zero-order valence-corrected chi connectivity index (χ0v) is 14.7. The molecule has 0 radical (unpaired) electrons. The monoisotopic (exact) mass is 342 g/mol. The van der Waals surface area contributed by atoms with Crippen molar-refractivity contribution in [1.82, 2.24) is 19.6 Å². The van der Waals surface area contributed by atoms with E-state index in [-0.39, 0.29) is 18.4 Å². The van der Waals surface area contributed by atoms with Crippen molar-refractivity contribution in [3.05, 3.63) is 53.9 Å². The molecule has 2 heterocycles. The van der Waals surface area contributed by atoms with Crippen LogP contribution in [-0.2, 0) is 24.5 Å². The number of carbonyl (C=O) groups is 1. The van der Waals surface area contributed by atoms with E-state index in [1.807, 2.05) is 47.0 Å². The van der Waals surface area contributed by atoms with Gasteiger partial charge in [-0.05, 0) is 17.2 Å². The van der Waals surface area contributed by atoms with E-state index in [2.05, 4.69) is 16.1 Å². The minimum absolute atomic E-state index is 0.0680. The number of aromatic nitrogens is 2. The van der Waals surface area contributed by atoms with Crippen LogP contribution < -0.4 is 0 Å². The number of aliphatic hydroxyl groups is 1. The topological polar surface area (TPSA) is 61.6 Å². The Labute approximate surface area is 148 Å². The van der Waals surface area contributed by atoms with Crippen molar-refractivity contribution in [2.24, 2.45) is 5.92 Å². The number of carbonyl (C=O) groups excluding carboxylic acids is 1. The summed E-state index contributed by atoms with van der Waals surface area (Å²) < 4.78 is 1.81. The van der Waals surface area contributed by atoms with Gasteiger partial charge >= 0.3 is 0 Å². The lowest BCUT2D eigenvalue weighted by atomic mass is 10.1. The first-order valence-electron chi connectivity index (χ1n) is 8.83. The van der Waals surface area contributed by atoms with Crippen LogP contribution in [0.4, 0.5) is 0 Å². The lowest BCUT2D eigenvalue weighted by molar-refractivity contribution is -0.137. The maximum absolute atomic E-state index is 12.6. The van der Waals surface area contributed by atoms with Crippen LogP contribution >= 0.6 is 0 Å². The smallest absolute Gasteiger partial charge is 0.227 e. The fourth-order valence-corrected chi connectivity index (χ4v) is 3.31. The van der Waals surface area contributed by atoms with Gasteiger partial charge in [0.15, 0.2) is 0 Å². The predicted molar refractivity (Wildman–Crippen MR) is 95.6 cm³/mol. The van der Waals surface area contributed by atoms with Gasteiger partial charge in [-0.15, -0.1) is 0 Å². The van der Waals surface area contributed by atoms with Crippen LogP contribution in [0.2, 0.25) is 0 Å². The van der Waals surface area contributed by atoms with Gasteiger partial charge in [0.1, 0.15) is 0 Å². The summed E-state index contributed by atoms with van der Waals surface area (Å²) >= 11 is 0. The van der Waals surface area contributed by atoms with Gasteiger partial charge in [0.25, 0.3) is 0 Å². The SMILES string of the molecule is C[C@@H](Cn1cccn1)C(=O)N1CCN(Cc2ccccc2CO)CC1. The predicted octanol–water partition coefficient (Wildman–Crippen LogP) is 1.36. The lowest BCUT2D eigenvalue weighted by Gasteiger charge is -2.36. The molecule has 25 heavy (non-hydrogen) atoms. The second kappa shape index (κ2) is 8.27. The number of amides is 1. The molecule has 1 atom stereocenters. The van der Waals surface area contributed by atoms with Gasteiger partial charge in [-0.3, -0.25) is 14.4 Å². The van der Waals surface area contributed by atoms with Gasteiger partial charge in [-0.1, -0.05) is 31.2 Å². The molecule has 1 N–H and O–H groups in total. The zero-order valence-electron chi connectivity index (χ0n) is 14.7. The second-order valence-electron chi connectivity index (χ2n) is 6.66. The number of rotatable bonds is 6. The molecular formula is C19H26N4O2. The van der Waals surface area contributed by atoms with Gasteiger partial charge in [-0.2, -0.15) is 5.10 Å². The highest BCUT2D eigenvalue weighted by Crippen LogP contribution is 2.15. The maximum Gasteiger partial charge on any atom is 0.227 e. The zero-order chi connectivity index (χ0) is 17.6. The van der Waals surface area contributed by atoms with E-state index < -0.39 is 0 Å². The summed E-state index contributed by atoms with van der Waals surface area (Å²) in [6.07, 6.45) is 3.63. The number of hydrogen-bond acceptors (Lipinski definition) is 4. The van der Waals surface area contributed by atoms with Crippen LogP contribution in [-0.4, -0.2) is 56.8 Å². The van der Waals surface area contributed by atoms with E-state index in [1.54, 1.807) is 6.20 Å². The number of nitrogens with zero attached hydrogens (tertiary/aromatic N) is 4. The minimum Gasteiger partial charge on any atom is -0.392 e. The highest BCUT2D eigenvalue weighted by atomic mass is 16.3. The van der Waals surface area contributed by atoms with E-state index in [0.717, 1.165) is 43.9 Å².